The Morgan fingerprint density at radius 1 is 1.08 bits per heavy atom. The molecule has 0 aromatic heterocycles. The summed E-state index contributed by atoms with van der Waals surface area (Å²) in [6, 6.07) is 0. The standard InChI is InChI=1S/C18H36O5Si/c1-10-21-16(20)18(6,7)15(23-14(2)19)12-11-13-22-24(8,9)17(3,4)5/h15H,10-13H2,1-9H3/t15-/m1/s1. The molecule has 0 aromatic carbocycles. The van der Waals surface area contributed by atoms with Crippen molar-refractivity contribution in [3.05, 3.63) is 0 Å². The second-order valence-electron chi connectivity index (χ2n) is 8.29. The van der Waals surface area contributed by atoms with Crippen molar-refractivity contribution in [3.63, 3.8) is 0 Å². The zero-order valence-electron chi connectivity index (χ0n) is 16.9. The van der Waals surface area contributed by atoms with Crippen LogP contribution in [-0.4, -0.2) is 39.6 Å². The molecule has 0 aliphatic heterocycles. The molecule has 0 saturated heterocycles. The zero-order valence-corrected chi connectivity index (χ0v) is 17.9. The number of hydrogen-bond donors (Lipinski definition) is 0. The molecular formula is C18H36O5Si. The van der Waals surface area contributed by atoms with Crippen LogP contribution in [-0.2, 0) is 23.5 Å². The van der Waals surface area contributed by atoms with Crippen molar-refractivity contribution in [3.8, 4) is 0 Å². The number of hydrogen-bond acceptors (Lipinski definition) is 5. The zero-order chi connectivity index (χ0) is 19.2. The highest BCUT2D eigenvalue weighted by Gasteiger charge is 2.41. The molecule has 0 unspecified atom stereocenters. The molecule has 0 radical (unpaired) electrons. The molecule has 0 aromatic rings. The number of rotatable bonds is 9. The van der Waals surface area contributed by atoms with Crippen LogP contribution in [0, 0.1) is 5.41 Å². The predicted octanol–water partition coefficient (Wildman–Crippen LogP) is 4.31. The van der Waals surface area contributed by atoms with Gasteiger partial charge < -0.3 is 13.9 Å². The van der Waals surface area contributed by atoms with Crippen molar-refractivity contribution in [2.45, 2.75) is 85.5 Å². The normalized spacial score (nSPS) is 14.2. The van der Waals surface area contributed by atoms with E-state index in [2.05, 4.69) is 33.9 Å². The Kier molecular flexibility index (Phi) is 8.66. The van der Waals surface area contributed by atoms with E-state index in [4.69, 9.17) is 13.9 Å². The van der Waals surface area contributed by atoms with Crippen LogP contribution >= 0.6 is 0 Å². The molecule has 1 atom stereocenters. The van der Waals surface area contributed by atoms with Gasteiger partial charge in [0.05, 0.1) is 12.0 Å². The van der Waals surface area contributed by atoms with Gasteiger partial charge in [-0.2, -0.15) is 0 Å². The van der Waals surface area contributed by atoms with Gasteiger partial charge in [0.2, 0.25) is 0 Å². The lowest BCUT2D eigenvalue weighted by molar-refractivity contribution is -0.169. The van der Waals surface area contributed by atoms with Crippen LogP contribution in [0.4, 0.5) is 0 Å². The maximum atomic E-state index is 12.2. The van der Waals surface area contributed by atoms with E-state index in [1.807, 2.05) is 0 Å². The van der Waals surface area contributed by atoms with Gasteiger partial charge in [-0.05, 0) is 51.7 Å². The van der Waals surface area contributed by atoms with E-state index in [0.29, 0.717) is 19.6 Å². The van der Waals surface area contributed by atoms with Gasteiger partial charge in [-0.25, -0.2) is 0 Å². The molecule has 0 saturated carbocycles. The average molecular weight is 361 g/mol. The maximum absolute atomic E-state index is 12.2. The predicted molar refractivity (Wildman–Crippen MR) is 98.4 cm³/mol. The summed E-state index contributed by atoms with van der Waals surface area (Å²) in [7, 11) is -1.79. The topological polar surface area (TPSA) is 61.8 Å². The monoisotopic (exact) mass is 360 g/mol. The van der Waals surface area contributed by atoms with E-state index in [0.717, 1.165) is 6.42 Å². The van der Waals surface area contributed by atoms with Crippen molar-refractivity contribution < 1.29 is 23.5 Å². The Hall–Kier alpha value is -0.883. The molecule has 0 heterocycles. The van der Waals surface area contributed by atoms with E-state index in [1.54, 1.807) is 20.8 Å². The van der Waals surface area contributed by atoms with Gasteiger partial charge >= 0.3 is 11.9 Å². The molecule has 0 N–H and O–H groups in total. The van der Waals surface area contributed by atoms with Gasteiger partial charge in [0, 0.05) is 13.5 Å². The fourth-order valence-corrected chi connectivity index (χ4v) is 3.12. The lowest BCUT2D eigenvalue weighted by atomic mass is 9.84. The third-order valence-electron chi connectivity index (χ3n) is 4.79. The van der Waals surface area contributed by atoms with Crippen LogP contribution in [0.15, 0.2) is 0 Å². The van der Waals surface area contributed by atoms with Gasteiger partial charge in [-0.15, -0.1) is 0 Å². The molecule has 0 spiro atoms. The molecule has 24 heavy (non-hydrogen) atoms. The summed E-state index contributed by atoms with van der Waals surface area (Å²) in [6.45, 7) is 18.6. The first kappa shape index (κ1) is 23.1. The van der Waals surface area contributed by atoms with Crippen LogP contribution in [0.2, 0.25) is 18.1 Å². The Labute approximate surface area is 148 Å². The molecule has 142 valence electrons. The third-order valence-corrected chi connectivity index (χ3v) is 9.33. The van der Waals surface area contributed by atoms with Crippen molar-refractivity contribution in [1.82, 2.24) is 0 Å². The van der Waals surface area contributed by atoms with Crippen LogP contribution in [0.3, 0.4) is 0 Å². The first-order valence-corrected chi connectivity index (χ1v) is 11.6. The summed E-state index contributed by atoms with van der Waals surface area (Å²) in [5, 5.41) is 0.159. The molecule has 0 aliphatic carbocycles. The Bertz CT molecular complexity index is 424. The van der Waals surface area contributed by atoms with E-state index >= 15 is 0 Å². The summed E-state index contributed by atoms with van der Waals surface area (Å²) in [5.41, 5.74) is -0.876. The lowest BCUT2D eigenvalue weighted by Crippen LogP contribution is -2.42. The van der Waals surface area contributed by atoms with Gasteiger partial charge in [0.1, 0.15) is 6.10 Å². The summed E-state index contributed by atoms with van der Waals surface area (Å²) in [5.74, 6) is -0.732. The van der Waals surface area contributed by atoms with E-state index in [1.165, 1.54) is 6.92 Å². The highest BCUT2D eigenvalue weighted by molar-refractivity contribution is 6.74. The van der Waals surface area contributed by atoms with Gasteiger partial charge in [-0.3, -0.25) is 9.59 Å². The van der Waals surface area contributed by atoms with Crippen LogP contribution < -0.4 is 0 Å². The quantitative estimate of drug-likeness (QED) is 0.348. The van der Waals surface area contributed by atoms with Crippen molar-refractivity contribution in [2.75, 3.05) is 13.2 Å². The van der Waals surface area contributed by atoms with Gasteiger partial charge in [0.25, 0.3) is 0 Å². The van der Waals surface area contributed by atoms with E-state index in [9.17, 15) is 9.59 Å². The fraction of sp³-hybridized carbons (Fsp3) is 0.889. The van der Waals surface area contributed by atoms with Crippen LogP contribution in [0.25, 0.3) is 0 Å². The second kappa shape index (κ2) is 8.99. The largest absolute Gasteiger partial charge is 0.465 e. The highest BCUT2D eigenvalue weighted by atomic mass is 28.4. The molecular weight excluding hydrogens is 324 g/mol. The van der Waals surface area contributed by atoms with Crippen molar-refractivity contribution in [1.29, 1.82) is 0 Å². The Balaban J connectivity index is 4.77. The number of esters is 2. The second-order valence-corrected chi connectivity index (χ2v) is 13.1. The van der Waals surface area contributed by atoms with E-state index in [-0.39, 0.29) is 17.0 Å². The summed E-state index contributed by atoms with van der Waals surface area (Å²) < 4.78 is 16.7. The summed E-state index contributed by atoms with van der Waals surface area (Å²) in [6.07, 6.45) is 0.782. The SMILES string of the molecule is CCOC(=O)C(C)(C)[C@@H](CCCO[Si](C)(C)C(C)(C)C)OC(C)=O. The van der Waals surface area contributed by atoms with Crippen molar-refractivity contribution >= 4 is 20.3 Å². The maximum Gasteiger partial charge on any atom is 0.315 e. The molecule has 0 rings (SSSR count). The Morgan fingerprint density at radius 3 is 2.04 bits per heavy atom. The number of ether oxygens (including phenoxy) is 2. The molecule has 6 heteroatoms. The van der Waals surface area contributed by atoms with Crippen molar-refractivity contribution in [2.24, 2.45) is 5.41 Å². The average Bonchev–Trinajstić information content (AvgIpc) is 2.40. The molecule has 5 nitrogen and oxygen atoms in total. The third kappa shape index (κ3) is 6.93. The number of carbonyl (C=O) groups excluding carboxylic acids is 2. The first-order chi connectivity index (χ1) is 10.8. The van der Waals surface area contributed by atoms with Crippen LogP contribution in [0.1, 0.15) is 61.3 Å². The highest BCUT2D eigenvalue weighted by Crippen LogP contribution is 2.37. The minimum Gasteiger partial charge on any atom is -0.465 e. The smallest absolute Gasteiger partial charge is 0.315 e. The molecule has 0 amide bonds. The minimum absolute atomic E-state index is 0.159. The number of carbonyl (C=O) groups is 2. The van der Waals surface area contributed by atoms with E-state index < -0.39 is 19.8 Å². The summed E-state index contributed by atoms with van der Waals surface area (Å²) in [4.78, 5) is 23.6. The Morgan fingerprint density at radius 2 is 1.62 bits per heavy atom. The first-order valence-electron chi connectivity index (χ1n) is 8.74. The fourth-order valence-electron chi connectivity index (χ4n) is 2.03. The molecule has 0 aliphatic rings. The minimum atomic E-state index is -1.79. The lowest BCUT2D eigenvalue weighted by Gasteiger charge is -2.36. The summed E-state index contributed by atoms with van der Waals surface area (Å²) >= 11 is 0. The van der Waals surface area contributed by atoms with Gasteiger partial charge in [-0.1, -0.05) is 20.8 Å². The molecule has 0 fully saturated rings. The van der Waals surface area contributed by atoms with Gasteiger partial charge in [0.15, 0.2) is 8.32 Å². The van der Waals surface area contributed by atoms with Crippen LogP contribution in [0.5, 0.6) is 0 Å². The molecule has 0 bridgehead atoms.